The molecule has 2 aliphatic rings. The van der Waals surface area contributed by atoms with E-state index in [1.807, 2.05) is 17.1 Å². The molecule has 2 atom stereocenters. The fourth-order valence-electron chi connectivity index (χ4n) is 4.60. The van der Waals surface area contributed by atoms with Crippen LogP contribution in [-0.4, -0.2) is 42.9 Å². The van der Waals surface area contributed by atoms with Crippen LogP contribution in [0.4, 0.5) is 13.2 Å². The Morgan fingerprint density at radius 2 is 1.97 bits per heavy atom. The monoisotopic (exact) mass is 530 g/mol. The molecule has 6 rings (SSSR count). The number of halogens is 4. The SMILES string of the molecule is Cc1nc2nc(C3CCOC(c4cnn(C5CC5)c4)C3)nc(-c3ccc(Cl)cc3F)c2nc1OC(F)F. The molecule has 2 unspecified atom stereocenters. The summed E-state index contributed by atoms with van der Waals surface area (Å²) < 4.78 is 53.5. The summed E-state index contributed by atoms with van der Waals surface area (Å²) in [4.78, 5) is 17.9. The smallest absolute Gasteiger partial charge is 0.388 e. The highest BCUT2D eigenvalue weighted by molar-refractivity contribution is 6.30. The fourth-order valence-corrected chi connectivity index (χ4v) is 4.76. The quantitative estimate of drug-likeness (QED) is 0.304. The summed E-state index contributed by atoms with van der Waals surface area (Å²) in [6.45, 7) is -1.11. The highest BCUT2D eigenvalue weighted by Crippen LogP contribution is 2.40. The van der Waals surface area contributed by atoms with Crippen molar-refractivity contribution in [2.75, 3.05) is 6.61 Å². The van der Waals surface area contributed by atoms with Crippen molar-refractivity contribution in [2.45, 2.75) is 57.3 Å². The predicted molar refractivity (Wildman–Crippen MR) is 128 cm³/mol. The molecule has 12 heteroatoms. The summed E-state index contributed by atoms with van der Waals surface area (Å²) >= 11 is 5.95. The van der Waals surface area contributed by atoms with E-state index in [2.05, 4.69) is 24.8 Å². The molecule has 1 saturated heterocycles. The molecular formula is C25H22ClF3N6O2. The second-order valence-electron chi connectivity index (χ2n) is 9.29. The van der Waals surface area contributed by atoms with Gasteiger partial charge in [0, 0.05) is 34.9 Å². The number of alkyl halides is 2. The molecule has 37 heavy (non-hydrogen) atoms. The normalized spacial score (nSPS) is 20.1. The number of aromatic nitrogens is 6. The average Bonchev–Trinajstić information content (AvgIpc) is 3.60. The van der Waals surface area contributed by atoms with Crippen LogP contribution >= 0.6 is 11.6 Å². The molecule has 1 saturated carbocycles. The Morgan fingerprint density at radius 3 is 2.73 bits per heavy atom. The van der Waals surface area contributed by atoms with Crippen molar-refractivity contribution in [1.29, 1.82) is 0 Å². The summed E-state index contributed by atoms with van der Waals surface area (Å²) in [5.74, 6) is -0.653. The van der Waals surface area contributed by atoms with Crippen molar-refractivity contribution in [3.63, 3.8) is 0 Å². The maximum atomic E-state index is 15.0. The number of benzene rings is 1. The lowest BCUT2D eigenvalue weighted by atomic mass is 9.92. The third-order valence-electron chi connectivity index (χ3n) is 6.63. The van der Waals surface area contributed by atoms with Crippen molar-refractivity contribution in [2.24, 2.45) is 0 Å². The first-order valence-corrected chi connectivity index (χ1v) is 12.4. The summed E-state index contributed by atoms with van der Waals surface area (Å²) in [6, 6.07) is 4.62. The van der Waals surface area contributed by atoms with Gasteiger partial charge >= 0.3 is 6.61 Å². The zero-order valence-corrected chi connectivity index (χ0v) is 20.5. The van der Waals surface area contributed by atoms with Gasteiger partial charge < -0.3 is 9.47 Å². The number of ether oxygens (including phenoxy) is 2. The molecule has 4 heterocycles. The number of hydrogen-bond donors (Lipinski definition) is 0. The standard InChI is InChI=1S/C25H22ClF3N6O2/c1-12-24(37-25(28)29)33-21-20(17-5-2-15(26)9-18(17)27)32-22(34-23(21)31-12)13-6-7-36-19(8-13)14-10-30-35(11-14)16-3-4-16/h2,5,9-11,13,16,19,25H,3-4,6-8H2,1H3. The van der Waals surface area contributed by atoms with Crippen LogP contribution < -0.4 is 4.74 Å². The molecule has 0 amide bonds. The van der Waals surface area contributed by atoms with E-state index in [9.17, 15) is 8.78 Å². The molecule has 0 radical (unpaired) electrons. The molecular weight excluding hydrogens is 509 g/mol. The van der Waals surface area contributed by atoms with Crippen LogP contribution in [0.5, 0.6) is 5.88 Å². The molecule has 1 aromatic carbocycles. The third kappa shape index (κ3) is 4.85. The minimum Gasteiger partial charge on any atom is -0.415 e. The van der Waals surface area contributed by atoms with Gasteiger partial charge in [-0.1, -0.05) is 11.6 Å². The van der Waals surface area contributed by atoms with Crippen LogP contribution in [-0.2, 0) is 4.74 Å². The molecule has 2 fully saturated rings. The number of nitrogens with zero attached hydrogens (tertiary/aromatic N) is 6. The lowest BCUT2D eigenvalue weighted by molar-refractivity contribution is -0.0534. The maximum absolute atomic E-state index is 15.0. The van der Waals surface area contributed by atoms with E-state index < -0.39 is 12.4 Å². The van der Waals surface area contributed by atoms with Gasteiger partial charge in [0.15, 0.2) is 5.65 Å². The molecule has 0 N–H and O–H groups in total. The molecule has 1 aliphatic heterocycles. The van der Waals surface area contributed by atoms with E-state index in [4.69, 9.17) is 21.3 Å². The topological polar surface area (TPSA) is 87.8 Å². The predicted octanol–water partition coefficient (Wildman–Crippen LogP) is 5.96. The van der Waals surface area contributed by atoms with Crippen LogP contribution in [0.3, 0.4) is 0 Å². The molecule has 8 nitrogen and oxygen atoms in total. The minimum absolute atomic E-state index is 0.0561. The summed E-state index contributed by atoms with van der Waals surface area (Å²) in [5, 5.41) is 4.68. The van der Waals surface area contributed by atoms with Gasteiger partial charge in [-0.25, -0.2) is 24.3 Å². The highest BCUT2D eigenvalue weighted by Gasteiger charge is 2.31. The van der Waals surface area contributed by atoms with Crippen LogP contribution in [0, 0.1) is 12.7 Å². The van der Waals surface area contributed by atoms with Crippen molar-refractivity contribution in [3.8, 4) is 17.1 Å². The van der Waals surface area contributed by atoms with Crippen molar-refractivity contribution in [3.05, 3.63) is 58.5 Å². The van der Waals surface area contributed by atoms with Gasteiger partial charge in [-0.05, 0) is 50.8 Å². The minimum atomic E-state index is -3.09. The van der Waals surface area contributed by atoms with Gasteiger partial charge in [0.05, 0.1) is 18.3 Å². The molecule has 0 spiro atoms. The summed E-state index contributed by atoms with van der Waals surface area (Å²) in [6.07, 6.45) is 7.20. The van der Waals surface area contributed by atoms with Gasteiger partial charge in [0.2, 0.25) is 5.88 Å². The summed E-state index contributed by atoms with van der Waals surface area (Å²) in [7, 11) is 0. The van der Waals surface area contributed by atoms with Crippen molar-refractivity contribution >= 4 is 22.8 Å². The van der Waals surface area contributed by atoms with Gasteiger partial charge in [0.25, 0.3) is 0 Å². The van der Waals surface area contributed by atoms with Gasteiger partial charge in [-0.3, -0.25) is 4.68 Å². The van der Waals surface area contributed by atoms with Crippen LogP contribution in [0.1, 0.15) is 60.8 Å². The Hall–Kier alpha value is -3.31. The Bertz CT molecular complexity index is 1480. The lowest BCUT2D eigenvalue weighted by Crippen LogP contribution is -2.20. The third-order valence-corrected chi connectivity index (χ3v) is 6.86. The van der Waals surface area contributed by atoms with Crippen LogP contribution in [0.2, 0.25) is 5.02 Å². The Kier molecular flexibility index (Phi) is 6.20. The molecule has 192 valence electrons. The van der Waals surface area contributed by atoms with Crippen molar-refractivity contribution < 1.29 is 22.6 Å². The van der Waals surface area contributed by atoms with E-state index in [1.54, 1.807) is 0 Å². The zero-order chi connectivity index (χ0) is 25.7. The van der Waals surface area contributed by atoms with Crippen LogP contribution in [0.15, 0.2) is 30.6 Å². The Labute approximate surface area is 214 Å². The second kappa shape index (κ2) is 9.53. The summed E-state index contributed by atoms with van der Waals surface area (Å²) in [5.41, 5.74) is 1.58. The Balaban J connectivity index is 1.42. The van der Waals surface area contributed by atoms with Crippen molar-refractivity contribution in [1.82, 2.24) is 29.7 Å². The molecule has 1 aliphatic carbocycles. The maximum Gasteiger partial charge on any atom is 0.388 e. The number of hydrogen-bond acceptors (Lipinski definition) is 7. The number of fused-ring (bicyclic) bond motifs is 1. The second-order valence-corrected chi connectivity index (χ2v) is 9.72. The lowest BCUT2D eigenvalue weighted by Gasteiger charge is -2.28. The molecule has 3 aromatic heterocycles. The van der Waals surface area contributed by atoms with Gasteiger partial charge in [-0.15, -0.1) is 0 Å². The molecule has 0 bridgehead atoms. The number of aryl methyl sites for hydroxylation is 1. The van der Waals surface area contributed by atoms with Crippen LogP contribution in [0.25, 0.3) is 22.4 Å². The van der Waals surface area contributed by atoms with E-state index in [0.29, 0.717) is 31.3 Å². The first-order valence-electron chi connectivity index (χ1n) is 12.0. The van der Waals surface area contributed by atoms with E-state index in [0.717, 1.165) is 24.5 Å². The first-order chi connectivity index (χ1) is 17.9. The van der Waals surface area contributed by atoms with E-state index in [-0.39, 0.29) is 51.0 Å². The highest BCUT2D eigenvalue weighted by atomic mass is 35.5. The number of rotatable bonds is 6. The fraction of sp³-hybridized carbons (Fsp3) is 0.400. The zero-order valence-electron chi connectivity index (χ0n) is 19.7. The first kappa shape index (κ1) is 24.1. The van der Waals surface area contributed by atoms with Gasteiger partial charge in [0.1, 0.15) is 28.5 Å². The Morgan fingerprint density at radius 1 is 1.14 bits per heavy atom. The van der Waals surface area contributed by atoms with Gasteiger partial charge in [-0.2, -0.15) is 13.9 Å². The van der Waals surface area contributed by atoms with E-state index in [1.165, 1.54) is 19.1 Å². The largest absolute Gasteiger partial charge is 0.415 e. The average molecular weight is 531 g/mol. The molecule has 4 aromatic rings. The van der Waals surface area contributed by atoms with E-state index >= 15 is 4.39 Å².